The first-order valence-corrected chi connectivity index (χ1v) is 7.97. The number of amides is 1. The van der Waals surface area contributed by atoms with Crippen molar-refractivity contribution in [2.75, 3.05) is 13.1 Å². The van der Waals surface area contributed by atoms with E-state index in [9.17, 15) is 9.59 Å². The first-order valence-electron chi connectivity index (χ1n) is 7.97. The van der Waals surface area contributed by atoms with Crippen molar-refractivity contribution in [3.63, 3.8) is 0 Å². The van der Waals surface area contributed by atoms with Gasteiger partial charge in [0.25, 0.3) is 5.91 Å². The fourth-order valence-electron chi connectivity index (χ4n) is 2.83. The van der Waals surface area contributed by atoms with Crippen molar-refractivity contribution in [2.45, 2.75) is 39.5 Å². The van der Waals surface area contributed by atoms with Crippen molar-refractivity contribution < 1.29 is 14.7 Å². The molecule has 22 heavy (non-hydrogen) atoms. The molecule has 1 aromatic heterocycles. The lowest BCUT2D eigenvalue weighted by Crippen LogP contribution is -2.39. The molecule has 1 aliphatic rings. The molecular weight excluding hydrogens is 280 g/mol. The van der Waals surface area contributed by atoms with Crippen molar-refractivity contribution in [1.29, 1.82) is 0 Å². The number of likely N-dealkylation sites (tertiary alicyclic amines) is 1. The number of piperidine rings is 1. The number of carbonyl (C=O) groups is 2. The van der Waals surface area contributed by atoms with Gasteiger partial charge in [0.1, 0.15) is 11.4 Å². The summed E-state index contributed by atoms with van der Waals surface area (Å²) in [5, 5.41) is 8.95. The summed E-state index contributed by atoms with van der Waals surface area (Å²) in [5.74, 6) is 0.153. The molecule has 1 aromatic rings. The van der Waals surface area contributed by atoms with Crippen LogP contribution in [0.4, 0.5) is 0 Å². The zero-order valence-corrected chi connectivity index (χ0v) is 13.3. The quantitative estimate of drug-likeness (QED) is 0.907. The highest BCUT2D eigenvalue weighted by atomic mass is 16.4. The second-order valence-corrected chi connectivity index (χ2v) is 6.42. The molecule has 1 saturated heterocycles. The largest absolute Gasteiger partial charge is 0.477 e. The van der Waals surface area contributed by atoms with Crippen LogP contribution in [0.1, 0.15) is 60.5 Å². The maximum Gasteiger partial charge on any atom is 0.354 e. The van der Waals surface area contributed by atoms with E-state index in [4.69, 9.17) is 5.11 Å². The molecule has 0 spiro atoms. The van der Waals surface area contributed by atoms with Crippen LogP contribution in [0, 0.1) is 11.8 Å². The SMILES string of the molecule is CC(C)CCC1CCN(C(=O)c2cccc(C(=O)O)n2)CC1. The number of pyridine rings is 1. The summed E-state index contributed by atoms with van der Waals surface area (Å²) in [5.41, 5.74) is 0.137. The predicted molar refractivity (Wildman–Crippen MR) is 83.9 cm³/mol. The monoisotopic (exact) mass is 304 g/mol. The van der Waals surface area contributed by atoms with E-state index >= 15 is 0 Å². The zero-order chi connectivity index (χ0) is 16.1. The van der Waals surface area contributed by atoms with Crippen LogP contribution in [0.3, 0.4) is 0 Å². The standard InChI is InChI=1S/C17H24N2O3/c1-12(2)6-7-13-8-10-19(11-9-13)16(20)14-4-3-5-15(18-14)17(21)22/h3-5,12-13H,6-11H2,1-2H3,(H,21,22). The Morgan fingerprint density at radius 2 is 1.91 bits per heavy atom. The van der Waals surface area contributed by atoms with Crippen molar-refractivity contribution in [2.24, 2.45) is 11.8 Å². The smallest absolute Gasteiger partial charge is 0.354 e. The number of hydrogen-bond acceptors (Lipinski definition) is 3. The molecule has 1 aliphatic heterocycles. The number of nitrogens with zero attached hydrogens (tertiary/aromatic N) is 2. The number of aromatic carboxylic acids is 1. The Balaban J connectivity index is 1.92. The van der Waals surface area contributed by atoms with E-state index in [1.807, 2.05) is 0 Å². The molecule has 0 atom stereocenters. The van der Waals surface area contributed by atoms with Gasteiger partial charge in [0.15, 0.2) is 0 Å². The third-order valence-electron chi connectivity index (χ3n) is 4.24. The van der Waals surface area contributed by atoms with Gasteiger partial charge in [0, 0.05) is 13.1 Å². The number of carboxylic acid groups (broad SMARTS) is 1. The normalized spacial score (nSPS) is 16.0. The Labute approximate surface area is 131 Å². The summed E-state index contributed by atoms with van der Waals surface area (Å²) in [7, 11) is 0. The number of carboxylic acids is 1. The summed E-state index contributed by atoms with van der Waals surface area (Å²) < 4.78 is 0. The highest BCUT2D eigenvalue weighted by Crippen LogP contribution is 2.24. The number of carbonyl (C=O) groups excluding carboxylic acids is 1. The molecule has 0 aliphatic carbocycles. The van der Waals surface area contributed by atoms with Gasteiger partial charge in [-0.1, -0.05) is 32.8 Å². The lowest BCUT2D eigenvalue weighted by molar-refractivity contribution is 0.0675. The fraction of sp³-hybridized carbons (Fsp3) is 0.588. The summed E-state index contributed by atoms with van der Waals surface area (Å²) in [6, 6.07) is 4.55. The second kappa shape index (κ2) is 7.38. The average Bonchev–Trinajstić information content (AvgIpc) is 2.53. The van der Waals surface area contributed by atoms with E-state index in [2.05, 4.69) is 18.8 Å². The van der Waals surface area contributed by atoms with Crippen LogP contribution in [0.15, 0.2) is 18.2 Å². The van der Waals surface area contributed by atoms with E-state index in [1.165, 1.54) is 18.9 Å². The molecule has 2 rings (SSSR count). The molecule has 0 unspecified atom stereocenters. The van der Waals surface area contributed by atoms with Crippen LogP contribution in [-0.4, -0.2) is 40.0 Å². The van der Waals surface area contributed by atoms with Gasteiger partial charge in [-0.25, -0.2) is 9.78 Å². The Bertz CT molecular complexity index is 534. The van der Waals surface area contributed by atoms with E-state index in [1.54, 1.807) is 17.0 Å². The molecule has 1 N–H and O–H groups in total. The van der Waals surface area contributed by atoms with Crippen LogP contribution in [-0.2, 0) is 0 Å². The first-order chi connectivity index (χ1) is 10.5. The number of rotatable bonds is 5. The fourth-order valence-corrected chi connectivity index (χ4v) is 2.83. The molecule has 1 fully saturated rings. The van der Waals surface area contributed by atoms with Gasteiger partial charge in [-0.2, -0.15) is 0 Å². The maximum atomic E-state index is 12.4. The third-order valence-corrected chi connectivity index (χ3v) is 4.24. The Kier molecular flexibility index (Phi) is 5.52. The van der Waals surface area contributed by atoms with Crippen molar-refractivity contribution >= 4 is 11.9 Å². The van der Waals surface area contributed by atoms with Gasteiger partial charge < -0.3 is 10.0 Å². The molecule has 120 valence electrons. The summed E-state index contributed by atoms with van der Waals surface area (Å²) in [6.45, 7) is 5.95. The summed E-state index contributed by atoms with van der Waals surface area (Å²) in [6.07, 6.45) is 4.52. The Morgan fingerprint density at radius 1 is 1.27 bits per heavy atom. The van der Waals surface area contributed by atoms with Crippen molar-refractivity contribution in [3.05, 3.63) is 29.6 Å². The minimum Gasteiger partial charge on any atom is -0.477 e. The van der Waals surface area contributed by atoms with Crippen LogP contribution in [0.2, 0.25) is 0 Å². The van der Waals surface area contributed by atoms with Gasteiger partial charge in [0.05, 0.1) is 0 Å². The molecule has 5 heteroatoms. The lowest BCUT2D eigenvalue weighted by atomic mass is 9.89. The molecule has 1 amide bonds. The van der Waals surface area contributed by atoms with Gasteiger partial charge in [-0.05, 0) is 36.8 Å². The predicted octanol–water partition coefficient (Wildman–Crippen LogP) is 3.07. The molecular formula is C17H24N2O3. The van der Waals surface area contributed by atoms with Crippen LogP contribution < -0.4 is 0 Å². The second-order valence-electron chi connectivity index (χ2n) is 6.42. The molecule has 0 radical (unpaired) electrons. The molecule has 0 aromatic carbocycles. The van der Waals surface area contributed by atoms with Gasteiger partial charge in [-0.15, -0.1) is 0 Å². The first kappa shape index (κ1) is 16.5. The number of aromatic nitrogens is 1. The van der Waals surface area contributed by atoms with Crippen LogP contribution in [0.5, 0.6) is 0 Å². The highest BCUT2D eigenvalue weighted by molar-refractivity contribution is 5.94. The highest BCUT2D eigenvalue weighted by Gasteiger charge is 2.24. The minimum absolute atomic E-state index is 0.0855. The maximum absolute atomic E-state index is 12.4. The third kappa shape index (κ3) is 4.29. The van der Waals surface area contributed by atoms with E-state index in [-0.39, 0.29) is 17.3 Å². The zero-order valence-electron chi connectivity index (χ0n) is 13.3. The van der Waals surface area contributed by atoms with Crippen LogP contribution in [0.25, 0.3) is 0 Å². The van der Waals surface area contributed by atoms with E-state index < -0.39 is 5.97 Å². The van der Waals surface area contributed by atoms with Crippen LogP contribution >= 0.6 is 0 Å². The number of hydrogen-bond donors (Lipinski definition) is 1. The molecule has 5 nitrogen and oxygen atoms in total. The topological polar surface area (TPSA) is 70.5 Å². The molecule has 0 bridgehead atoms. The Morgan fingerprint density at radius 3 is 2.50 bits per heavy atom. The molecule has 2 heterocycles. The lowest BCUT2D eigenvalue weighted by Gasteiger charge is -2.32. The van der Waals surface area contributed by atoms with Crippen molar-refractivity contribution in [3.8, 4) is 0 Å². The van der Waals surface area contributed by atoms with Gasteiger partial charge in [0.2, 0.25) is 0 Å². The molecule has 0 saturated carbocycles. The Hall–Kier alpha value is -1.91. The van der Waals surface area contributed by atoms with Gasteiger partial charge >= 0.3 is 5.97 Å². The summed E-state index contributed by atoms with van der Waals surface area (Å²) in [4.78, 5) is 29.1. The minimum atomic E-state index is -1.11. The average molecular weight is 304 g/mol. The van der Waals surface area contributed by atoms with Crippen molar-refractivity contribution in [1.82, 2.24) is 9.88 Å². The van der Waals surface area contributed by atoms with E-state index in [0.717, 1.165) is 31.8 Å². The van der Waals surface area contributed by atoms with E-state index in [0.29, 0.717) is 5.92 Å². The van der Waals surface area contributed by atoms with Gasteiger partial charge in [-0.3, -0.25) is 4.79 Å². The summed E-state index contributed by atoms with van der Waals surface area (Å²) >= 11 is 0.